The maximum Gasteiger partial charge on any atom is 0.490 e. The fourth-order valence-corrected chi connectivity index (χ4v) is 3.28. The molecule has 33 heavy (non-hydrogen) atoms. The van der Waals surface area contributed by atoms with E-state index in [-0.39, 0.29) is 24.4 Å². The van der Waals surface area contributed by atoms with Gasteiger partial charge < -0.3 is 25.6 Å². The SMILES string of the molecule is CC1NCCn2c(C(=O)NCC(=O)Nc3ccc4cn[nH]c4c3)ccc21.O=C(O)C(F)(F)F. The Morgan fingerprint density at radius 3 is 2.67 bits per heavy atom. The molecule has 2 aromatic heterocycles. The number of anilines is 1. The summed E-state index contributed by atoms with van der Waals surface area (Å²) in [6.07, 6.45) is -3.37. The standard InChI is InChI=1S/C18H20N6O2.C2HF3O2/c1-11-15-4-5-16(24(15)7-6-19-11)18(26)20-10-17(25)22-13-3-2-12-9-21-23-14(12)8-13;3-2(4,5)1(6)7/h2-5,8-9,11,19H,6-7,10H2,1H3,(H,20,26)(H,21,23)(H,22,25);(H,6,7). The first-order valence-corrected chi connectivity index (χ1v) is 9.80. The van der Waals surface area contributed by atoms with Crippen molar-refractivity contribution >= 4 is 34.4 Å². The maximum atomic E-state index is 12.4. The lowest BCUT2D eigenvalue weighted by molar-refractivity contribution is -0.192. The van der Waals surface area contributed by atoms with Crippen molar-refractivity contribution in [3.05, 3.63) is 47.9 Å². The highest BCUT2D eigenvalue weighted by atomic mass is 19.4. The molecule has 13 heteroatoms. The molecular weight excluding hydrogens is 445 g/mol. The third-order valence-electron chi connectivity index (χ3n) is 4.85. The monoisotopic (exact) mass is 466 g/mol. The van der Waals surface area contributed by atoms with Crippen LogP contribution in [0.4, 0.5) is 18.9 Å². The number of carboxylic acids is 1. The van der Waals surface area contributed by atoms with E-state index in [4.69, 9.17) is 9.90 Å². The molecule has 0 saturated heterocycles. The summed E-state index contributed by atoms with van der Waals surface area (Å²) in [5.74, 6) is -3.28. The number of aromatic nitrogens is 3. The molecule has 1 aliphatic heterocycles. The highest BCUT2D eigenvalue weighted by Gasteiger charge is 2.38. The van der Waals surface area contributed by atoms with Crippen molar-refractivity contribution in [3.8, 4) is 0 Å². The average Bonchev–Trinajstić information content (AvgIpc) is 3.39. The van der Waals surface area contributed by atoms with Gasteiger partial charge in [-0.2, -0.15) is 18.3 Å². The summed E-state index contributed by atoms with van der Waals surface area (Å²) in [6.45, 7) is 3.54. The van der Waals surface area contributed by atoms with Crippen LogP contribution in [0.15, 0.2) is 36.5 Å². The van der Waals surface area contributed by atoms with Gasteiger partial charge in [0.25, 0.3) is 5.91 Å². The number of amides is 2. The molecule has 0 fully saturated rings. The fourth-order valence-electron chi connectivity index (χ4n) is 3.28. The number of alkyl halides is 3. The number of fused-ring (bicyclic) bond motifs is 2. The smallest absolute Gasteiger partial charge is 0.475 e. The van der Waals surface area contributed by atoms with E-state index in [1.54, 1.807) is 24.4 Å². The second-order valence-corrected chi connectivity index (χ2v) is 7.18. The summed E-state index contributed by atoms with van der Waals surface area (Å²) in [4.78, 5) is 33.5. The lowest BCUT2D eigenvalue weighted by Gasteiger charge is -2.24. The molecule has 3 aromatic rings. The molecule has 1 aromatic carbocycles. The van der Waals surface area contributed by atoms with E-state index < -0.39 is 12.1 Å². The second-order valence-electron chi connectivity index (χ2n) is 7.18. The van der Waals surface area contributed by atoms with Crippen molar-refractivity contribution in [2.24, 2.45) is 0 Å². The summed E-state index contributed by atoms with van der Waals surface area (Å²) < 4.78 is 33.7. The number of aromatic amines is 1. The number of aliphatic carboxylic acids is 1. The predicted octanol–water partition coefficient (Wildman–Crippen LogP) is 2.03. The van der Waals surface area contributed by atoms with Crippen LogP contribution in [-0.4, -0.2) is 56.9 Å². The van der Waals surface area contributed by atoms with E-state index in [0.29, 0.717) is 11.4 Å². The summed E-state index contributed by atoms with van der Waals surface area (Å²) >= 11 is 0. The number of hydrogen-bond donors (Lipinski definition) is 5. The van der Waals surface area contributed by atoms with Gasteiger partial charge in [-0.3, -0.25) is 14.7 Å². The van der Waals surface area contributed by atoms with Gasteiger partial charge in [-0.15, -0.1) is 0 Å². The van der Waals surface area contributed by atoms with Crippen molar-refractivity contribution < 1.29 is 32.7 Å². The van der Waals surface area contributed by atoms with E-state index in [2.05, 4.69) is 33.1 Å². The highest BCUT2D eigenvalue weighted by molar-refractivity contribution is 5.99. The van der Waals surface area contributed by atoms with Crippen molar-refractivity contribution in [2.75, 3.05) is 18.4 Å². The first-order valence-electron chi connectivity index (χ1n) is 9.80. The number of carboxylic acid groups (broad SMARTS) is 1. The lowest BCUT2D eigenvalue weighted by Crippen LogP contribution is -2.37. The maximum absolute atomic E-state index is 12.4. The van der Waals surface area contributed by atoms with Crippen LogP contribution >= 0.6 is 0 Å². The number of rotatable bonds is 4. The summed E-state index contributed by atoms with van der Waals surface area (Å²) in [5.41, 5.74) is 3.16. The van der Waals surface area contributed by atoms with Crippen LogP contribution in [0.1, 0.15) is 29.1 Å². The summed E-state index contributed by atoms with van der Waals surface area (Å²) in [6, 6.07) is 9.44. The van der Waals surface area contributed by atoms with Gasteiger partial charge in [-0.25, -0.2) is 4.79 Å². The van der Waals surface area contributed by atoms with Crippen LogP contribution in [0, 0.1) is 0 Å². The quantitative estimate of drug-likeness (QED) is 0.399. The average molecular weight is 466 g/mol. The molecule has 0 saturated carbocycles. The largest absolute Gasteiger partial charge is 0.490 e. The normalized spacial score (nSPS) is 15.2. The third kappa shape index (κ3) is 5.88. The Bertz CT molecular complexity index is 1170. The van der Waals surface area contributed by atoms with Crippen molar-refractivity contribution in [1.29, 1.82) is 0 Å². The molecule has 4 rings (SSSR count). The second kappa shape index (κ2) is 9.73. The molecule has 0 aliphatic carbocycles. The van der Waals surface area contributed by atoms with Crippen LogP contribution in [0.2, 0.25) is 0 Å². The molecule has 10 nitrogen and oxygen atoms in total. The van der Waals surface area contributed by atoms with E-state index in [9.17, 15) is 22.8 Å². The van der Waals surface area contributed by atoms with Gasteiger partial charge in [0.05, 0.1) is 18.3 Å². The Morgan fingerprint density at radius 2 is 1.97 bits per heavy atom. The molecule has 0 radical (unpaired) electrons. The number of benzene rings is 1. The van der Waals surface area contributed by atoms with Gasteiger partial charge in [-0.05, 0) is 37.3 Å². The fraction of sp³-hybridized carbons (Fsp3) is 0.300. The molecule has 2 amide bonds. The first-order chi connectivity index (χ1) is 15.6. The number of halogens is 3. The third-order valence-corrected chi connectivity index (χ3v) is 4.85. The van der Waals surface area contributed by atoms with E-state index in [0.717, 1.165) is 29.7 Å². The van der Waals surface area contributed by atoms with Crippen LogP contribution < -0.4 is 16.0 Å². The Kier molecular flexibility index (Phi) is 7.01. The number of carbonyl (C=O) groups is 3. The Balaban J connectivity index is 0.000000383. The predicted molar refractivity (Wildman–Crippen MR) is 112 cm³/mol. The molecule has 1 atom stereocenters. The van der Waals surface area contributed by atoms with Crippen molar-refractivity contribution in [2.45, 2.75) is 25.7 Å². The van der Waals surface area contributed by atoms with Crippen LogP contribution in [0.25, 0.3) is 10.9 Å². The number of hydrogen-bond acceptors (Lipinski definition) is 5. The Labute approximate surface area is 185 Å². The topological polar surface area (TPSA) is 141 Å². The van der Waals surface area contributed by atoms with Gasteiger partial charge in [0.2, 0.25) is 5.91 Å². The minimum Gasteiger partial charge on any atom is -0.475 e. The molecule has 1 unspecified atom stereocenters. The first kappa shape index (κ1) is 23.8. The van der Waals surface area contributed by atoms with E-state index in [1.165, 1.54) is 0 Å². The molecule has 5 N–H and O–H groups in total. The van der Waals surface area contributed by atoms with E-state index in [1.807, 2.05) is 16.7 Å². The Hall–Kier alpha value is -3.87. The zero-order chi connectivity index (χ0) is 24.2. The number of nitrogens with zero attached hydrogens (tertiary/aromatic N) is 2. The van der Waals surface area contributed by atoms with E-state index >= 15 is 0 Å². The minimum atomic E-state index is -5.08. The highest BCUT2D eigenvalue weighted by Crippen LogP contribution is 2.20. The van der Waals surface area contributed by atoms with Crippen LogP contribution in [0.3, 0.4) is 0 Å². The molecular formula is C20H21F3N6O4. The zero-order valence-corrected chi connectivity index (χ0v) is 17.4. The Morgan fingerprint density at radius 1 is 1.24 bits per heavy atom. The lowest BCUT2D eigenvalue weighted by atomic mass is 10.2. The zero-order valence-electron chi connectivity index (χ0n) is 17.4. The van der Waals surface area contributed by atoms with Gasteiger partial charge in [0, 0.05) is 35.9 Å². The molecule has 0 bridgehead atoms. The van der Waals surface area contributed by atoms with Gasteiger partial charge >= 0.3 is 12.1 Å². The number of H-pyrrole nitrogens is 1. The van der Waals surface area contributed by atoms with Crippen molar-refractivity contribution in [3.63, 3.8) is 0 Å². The summed E-state index contributed by atoms with van der Waals surface area (Å²) in [5, 5.41) is 23.7. The molecule has 0 spiro atoms. The van der Waals surface area contributed by atoms with Gasteiger partial charge in [-0.1, -0.05) is 0 Å². The van der Waals surface area contributed by atoms with Gasteiger partial charge in [0.15, 0.2) is 0 Å². The number of nitrogens with one attached hydrogen (secondary N) is 4. The van der Waals surface area contributed by atoms with Crippen LogP contribution in [0.5, 0.6) is 0 Å². The summed E-state index contributed by atoms with van der Waals surface area (Å²) in [7, 11) is 0. The molecule has 1 aliphatic rings. The van der Waals surface area contributed by atoms with Gasteiger partial charge in [0.1, 0.15) is 5.69 Å². The molecule has 3 heterocycles. The number of carbonyl (C=O) groups excluding carboxylic acids is 2. The minimum absolute atomic E-state index is 0.0891. The molecule has 176 valence electrons. The van der Waals surface area contributed by atoms with Crippen LogP contribution in [-0.2, 0) is 16.1 Å². The van der Waals surface area contributed by atoms with Crippen molar-refractivity contribution in [1.82, 2.24) is 25.4 Å².